The summed E-state index contributed by atoms with van der Waals surface area (Å²) >= 11 is 0. The Labute approximate surface area is 336 Å². The fourth-order valence-corrected chi connectivity index (χ4v) is 9.68. The summed E-state index contributed by atoms with van der Waals surface area (Å²) in [6.45, 7) is 4.70. The van der Waals surface area contributed by atoms with Gasteiger partial charge in [0.2, 0.25) is 0 Å². The minimum atomic E-state index is -0.139. The van der Waals surface area contributed by atoms with E-state index in [4.69, 9.17) is 8.83 Å². The monoisotopic (exact) mass is 743 g/mol. The van der Waals surface area contributed by atoms with Gasteiger partial charge in [0, 0.05) is 54.7 Å². The van der Waals surface area contributed by atoms with Crippen LogP contribution in [0, 0.1) is 0 Å². The molecule has 0 aliphatic heterocycles. The van der Waals surface area contributed by atoms with Crippen LogP contribution in [0.2, 0.25) is 0 Å². The van der Waals surface area contributed by atoms with E-state index in [-0.39, 0.29) is 5.41 Å². The molecule has 58 heavy (non-hydrogen) atoms. The lowest BCUT2D eigenvalue weighted by molar-refractivity contribution is 0.660. The van der Waals surface area contributed by atoms with Gasteiger partial charge in [-0.1, -0.05) is 153 Å². The van der Waals surface area contributed by atoms with Crippen molar-refractivity contribution in [1.29, 1.82) is 0 Å². The number of fused-ring (bicyclic) bond motifs is 11. The van der Waals surface area contributed by atoms with Gasteiger partial charge in [0.05, 0.1) is 11.4 Å². The SMILES string of the molecule is CC1(C)c2ccccc2-c2c(N(c3ccc(-c4cccc5c4oc4ccccc45)cc3)c3ccccc3-c3ccc4oc5c6ccccc6ccc5c4c3)cccc21. The van der Waals surface area contributed by atoms with E-state index in [0.29, 0.717) is 0 Å². The average molecular weight is 744 g/mol. The maximum Gasteiger partial charge on any atom is 0.143 e. The van der Waals surface area contributed by atoms with Gasteiger partial charge in [-0.15, -0.1) is 0 Å². The third kappa shape index (κ3) is 4.74. The molecule has 2 aromatic heterocycles. The van der Waals surface area contributed by atoms with E-state index in [1.54, 1.807) is 0 Å². The van der Waals surface area contributed by atoms with Crippen LogP contribution in [0.3, 0.4) is 0 Å². The molecule has 2 heterocycles. The Bertz CT molecular complexity index is 3440. The van der Waals surface area contributed by atoms with Crippen molar-refractivity contribution in [2.24, 2.45) is 0 Å². The Morgan fingerprint density at radius 2 is 1.02 bits per heavy atom. The van der Waals surface area contributed by atoms with Crippen LogP contribution in [0.15, 0.2) is 197 Å². The predicted molar refractivity (Wildman–Crippen MR) is 242 cm³/mol. The fourth-order valence-electron chi connectivity index (χ4n) is 9.68. The number of furan rings is 2. The van der Waals surface area contributed by atoms with E-state index in [2.05, 4.69) is 195 Å². The quantitative estimate of drug-likeness (QED) is 0.176. The van der Waals surface area contributed by atoms with Gasteiger partial charge in [-0.25, -0.2) is 0 Å². The summed E-state index contributed by atoms with van der Waals surface area (Å²) in [6.07, 6.45) is 0. The van der Waals surface area contributed by atoms with E-state index in [1.165, 1.54) is 27.6 Å². The van der Waals surface area contributed by atoms with E-state index in [9.17, 15) is 0 Å². The van der Waals surface area contributed by atoms with Crippen molar-refractivity contribution in [3.63, 3.8) is 0 Å². The number of hydrogen-bond acceptors (Lipinski definition) is 3. The van der Waals surface area contributed by atoms with Crippen molar-refractivity contribution in [3.05, 3.63) is 199 Å². The molecule has 9 aromatic carbocycles. The summed E-state index contributed by atoms with van der Waals surface area (Å²) in [7, 11) is 0. The molecule has 3 nitrogen and oxygen atoms in total. The molecule has 3 heteroatoms. The summed E-state index contributed by atoms with van der Waals surface area (Å²) in [6, 6.07) is 67.7. The van der Waals surface area contributed by atoms with Crippen molar-refractivity contribution < 1.29 is 8.83 Å². The van der Waals surface area contributed by atoms with Crippen LogP contribution in [0.1, 0.15) is 25.0 Å². The third-order valence-electron chi connectivity index (χ3n) is 12.5. The summed E-state index contributed by atoms with van der Waals surface area (Å²) in [4.78, 5) is 2.46. The molecule has 0 fully saturated rings. The number of anilines is 3. The lowest BCUT2D eigenvalue weighted by atomic mass is 9.82. The van der Waals surface area contributed by atoms with Crippen molar-refractivity contribution in [2.75, 3.05) is 4.90 Å². The van der Waals surface area contributed by atoms with Crippen molar-refractivity contribution in [3.8, 4) is 33.4 Å². The zero-order valence-electron chi connectivity index (χ0n) is 32.2. The Morgan fingerprint density at radius 3 is 1.91 bits per heavy atom. The molecule has 0 radical (unpaired) electrons. The maximum atomic E-state index is 6.55. The Balaban J connectivity index is 1.07. The predicted octanol–water partition coefficient (Wildman–Crippen LogP) is 15.7. The number of para-hydroxylation sites is 3. The van der Waals surface area contributed by atoms with Gasteiger partial charge in [-0.3, -0.25) is 0 Å². The molecule has 274 valence electrons. The smallest absolute Gasteiger partial charge is 0.143 e. The first kappa shape index (κ1) is 32.8. The average Bonchev–Trinajstić information content (AvgIpc) is 3.92. The van der Waals surface area contributed by atoms with E-state index >= 15 is 0 Å². The summed E-state index contributed by atoms with van der Waals surface area (Å²) in [5.74, 6) is 0. The van der Waals surface area contributed by atoms with E-state index in [0.717, 1.165) is 88.6 Å². The molecule has 0 N–H and O–H groups in total. The van der Waals surface area contributed by atoms with Crippen LogP contribution in [0.25, 0.3) is 88.0 Å². The number of nitrogens with zero attached hydrogens (tertiary/aromatic N) is 1. The van der Waals surface area contributed by atoms with Gasteiger partial charge in [-0.05, 0) is 81.7 Å². The lowest BCUT2D eigenvalue weighted by Crippen LogP contribution is -2.16. The molecule has 0 bridgehead atoms. The van der Waals surface area contributed by atoms with E-state index < -0.39 is 0 Å². The molecule has 0 amide bonds. The summed E-state index contributed by atoms with van der Waals surface area (Å²) in [5, 5.41) is 6.81. The zero-order chi connectivity index (χ0) is 38.5. The van der Waals surface area contributed by atoms with Gasteiger partial charge >= 0.3 is 0 Å². The number of hydrogen-bond donors (Lipinski definition) is 0. The Hall–Kier alpha value is -7.36. The second kappa shape index (κ2) is 12.3. The van der Waals surface area contributed by atoms with Gasteiger partial charge in [-0.2, -0.15) is 0 Å². The minimum absolute atomic E-state index is 0.139. The van der Waals surface area contributed by atoms with Crippen LogP contribution in [0.5, 0.6) is 0 Å². The van der Waals surface area contributed by atoms with Gasteiger partial charge < -0.3 is 13.7 Å². The van der Waals surface area contributed by atoms with Crippen molar-refractivity contribution in [1.82, 2.24) is 0 Å². The number of benzene rings is 9. The molecule has 0 atom stereocenters. The van der Waals surface area contributed by atoms with E-state index in [1.807, 2.05) is 12.1 Å². The highest BCUT2D eigenvalue weighted by Gasteiger charge is 2.38. The zero-order valence-corrected chi connectivity index (χ0v) is 32.2. The highest BCUT2D eigenvalue weighted by molar-refractivity contribution is 6.16. The largest absolute Gasteiger partial charge is 0.455 e. The molecule has 0 saturated heterocycles. The van der Waals surface area contributed by atoms with Crippen LogP contribution in [-0.2, 0) is 5.41 Å². The maximum absolute atomic E-state index is 6.55. The Morgan fingerprint density at radius 1 is 0.397 bits per heavy atom. The first-order valence-electron chi connectivity index (χ1n) is 20.0. The molecule has 1 aliphatic carbocycles. The first-order valence-corrected chi connectivity index (χ1v) is 20.0. The van der Waals surface area contributed by atoms with Crippen LogP contribution in [0.4, 0.5) is 17.1 Å². The molecule has 12 rings (SSSR count). The first-order chi connectivity index (χ1) is 28.5. The lowest BCUT2D eigenvalue weighted by Gasteiger charge is -2.30. The molecule has 0 unspecified atom stereocenters. The Kier molecular flexibility index (Phi) is 6.98. The van der Waals surface area contributed by atoms with Gasteiger partial charge in [0.1, 0.15) is 22.3 Å². The second-order valence-corrected chi connectivity index (χ2v) is 16.0. The minimum Gasteiger partial charge on any atom is -0.455 e. The topological polar surface area (TPSA) is 29.5 Å². The standard InChI is InChI=1S/C55H37NO2/c1-55(2)46-20-8-5-17-44(46)52-47(55)21-12-23-49(52)56(37-29-25-35(26-30-37)40-18-11-19-42-41-16-7-10-24-50(41)57-53(40)42)48-22-9-6-14-38(48)36-28-32-51-45(33-36)43-31-27-34-13-3-4-15-39(34)54(43)58-51/h3-33H,1-2H3. The van der Waals surface area contributed by atoms with Crippen LogP contribution in [-0.4, -0.2) is 0 Å². The van der Waals surface area contributed by atoms with Crippen LogP contribution >= 0.6 is 0 Å². The van der Waals surface area contributed by atoms with Crippen molar-refractivity contribution in [2.45, 2.75) is 19.3 Å². The van der Waals surface area contributed by atoms with Crippen LogP contribution < -0.4 is 4.90 Å². The van der Waals surface area contributed by atoms with Gasteiger partial charge in [0.15, 0.2) is 0 Å². The highest BCUT2D eigenvalue weighted by atomic mass is 16.3. The second-order valence-electron chi connectivity index (χ2n) is 16.0. The molecular weight excluding hydrogens is 707 g/mol. The molecule has 0 saturated carbocycles. The molecule has 0 spiro atoms. The normalized spacial score (nSPS) is 13.1. The molecule has 1 aliphatic rings. The van der Waals surface area contributed by atoms with Crippen molar-refractivity contribution >= 4 is 71.7 Å². The third-order valence-corrected chi connectivity index (χ3v) is 12.5. The molecular formula is C55H37NO2. The summed E-state index contributed by atoms with van der Waals surface area (Å²) < 4.78 is 13.0. The molecule has 11 aromatic rings. The van der Waals surface area contributed by atoms with Gasteiger partial charge in [0.25, 0.3) is 0 Å². The number of rotatable bonds is 5. The highest BCUT2D eigenvalue weighted by Crippen LogP contribution is 2.55. The summed E-state index contributed by atoms with van der Waals surface area (Å²) in [5.41, 5.74) is 16.5. The fraction of sp³-hybridized carbons (Fsp3) is 0.0545.